The van der Waals surface area contributed by atoms with Gasteiger partial charge in [0.2, 0.25) is 0 Å². The van der Waals surface area contributed by atoms with Gasteiger partial charge in [0.15, 0.2) is 0 Å². The van der Waals surface area contributed by atoms with Crippen molar-refractivity contribution in [2.24, 2.45) is 0 Å². The van der Waals surface area contributed by atoms with Crippen LogP contribution in [0.4, 0.5) is 0 Å². The molecule has 0 bridgehead atoms. The molecule has 1 aromatic carbocycles. The molecule has 1 fully saturated rings. The van der Waals surface area contributed by atoms with E-state index in [-0.39, 0.29) is 0 Å². The van der Waals surface area contributed by atoms with Crippen molar-refractivity contribution in [1.82, 2.24) is 0 Å². The van der Waals surface area contributed by atoms with Crippen molar-refractivity contribution < 1.29 is 4.21 Å². The van der Waals surface area contributed by atoms with Gasteiger partial charge in [-0.25, -0.2) is 0 Å². The molecule has 0 N–H and O–H groups in total. The summed E-state index contributed by atoms with van der Waals surface area (Å²) in [5.74, 6) is 1.42. The molecule has 1 aliphatic carbocycles. The fraction of sp³-hybridized carbons (Fsp3) is 0.455. The Morgan fingerprint density at radius 1 is 1.50 bits per heavy atom. The molecule has 1 unspecified atom stereocenters. The lowest BCUT2D eigenvalue weighted by atomic mass is 10.1. The van der Waals surface area contributed by atoms with Crippen LogP contribution in [0.15, 0.2) is 22.7 Å². The standard InChI is InChI=1S/C11H13BrOS/c1-14(13)7-9-6-10(12)4-5-11(9)8-2-3-8/h4-6,8H,2-3,7H2,1H3. The number of hydrogen-bond acceptors (Lipinski definition) is 1. The van der Waals surface area contributed by atoms with Crippen LogP contribution in [-0.2, 0) is 16.6 Å². The number of rotatable bonds is 3. The highest BCUT2D eigenvalue weighted by Gasteiger charge is 2.25. The lowest BCUT2D eigenvalue weighted by Gasteiger charge is -2.07. The van der Waals surface area contributed by atoms with Crippen LogP contribution in [0.2, 0.25) is 0 Å². The second-order valence-corrected chi connectivity index (χ2v) is 6.19. The molecule has 1 aromatic rings. The average Bonchev–Trinajstić information content (AvgIpc) is 2.86. The normalized spacial score (nSPS) is 18.1. The molecular weight excluding hydrogens is 260 g/mol. The monoisotopic (exact) mass is 272 g/mol. The van der Waals surface area contributed by atoms with Crippen LogP contribution >= 0.6 is 15.9 Å². The summed E-state index contributed by atoms with van der Waals surface area (Å²) >= 11 is 3.46. The van der Waals surface area contributed by atoms with Gasteiger partial charge in [0, 0.05) is 27.3 Å². The predicted molar refractivity (Wildman–Crippen MR) is 63.9 cm³/mol. The van der Waals surface area contributed by atoms with Crippen molar-refractivity contribution in [3.63, 3.8) is 0 Å². The van der Waals surface area contributed by atoms with Gasteiger partial charge < -0.3 is 0 Å². The molecule has 2 rings (SSSR count). The first-order chi connectivity index (χ1) is 6.66. The second-order valence-electron chi connectivity index (χ2n) is 3.83. The van der Waals surface area contributed by atoms with E-state index in [1.807, 2.05) is 0 Å². The van der Waals surface area contributed by atoms with Crippen molar-refractivity contribution in [3.8, 4) is 0 Å². The average molecular weight is 273 g/mol. The van der Waals surface area contributed by atoms with Gasteiger partial charge >= 0.3 is 0 Å². The molecule has 1 atom stereocenters. The third-order valence-corrected chi connectivity index (χ3v) is 3.69. The van der Waals surface area contributed by atoms with Crippen LogP contribution < -0.4 is 0 Å². The van der Waals surface area contributed by atoms with Crippen LogP contribution in [0, 0.1) is 0 Å². The van der Waals surface area contributed by atoms with E-state index < -0.39 is 10.8 Å². The first-order valence-electron chi connectivity index (χ1n) is 4.75. The highest BCUT2D eigenvalue weighted by atomic mass is 79.9. The van der Waals surface area contributed by atoms with Crippen molar-refractivity contribution in [2.45, 2.75) is 24.5 Å². The Hall–Kier alpha value is -0.150. The van der Waals surface area contributed by atoms with Gasteiger partial charge in [0.05, 0.1) is 0 Å². The van der Waals surface area contributed by atoms with Crippen molar-refractivity contribution >= 4 is 26.7 Å². The number of hydrogen-bond donors (Lipinski definition) is 0. The van der Waals surface area contributed by atoms with Crippen molar-refractivity contribution in [2.75, 3.05) is 6.26 Å². The zero-order chi connectivity index (χ0) is 10.1. The Bertz CT molecular complexity index is 372. The van der Waals surface area contributed by atoms with Gasteiger partial charge in [-0.05, 0) is 42.0 Å². The summed E-state index contributed by atoms with van der Waals surface area (Å²) in [4.78, 5) is 0. The molecule has 0 amide bonds. The summed E-state index contributed by atoms with van der Waals surface area (Å²) in [6, 6.07) is 6.36. The number of benzene rings is 1. The van der Waals surface area contributed by atoms with Gasteiger partial charge in [0.25, 0.3) is 0 Å². The molecule has 3 heteroatoms. The summed E-state index contributed by atoms with van der Waals surface area (Å²) < 4.78 is 12.3. The smallest absolute Gasteiger partial charge is 0.0486 e. The van der Waals surface area contributed by atoms with Gasteiger partial charge in [0.1, 0.15) is 0 Å². The van der Waals surface area contributed by atoms with Gasteiger partial charge in [-0.2, -0.15) is 0 Å². The zero-order valence-electron chi connectivity index (χ0n) is 8.13. The summed E-state index contributed by atoms with van der Waals surface area (Å²) in [7, 11) is -0.745. The van der Waals surface area contributed by atoms with E-state index in [1.54, 1.807) is 6.26 Å². The Balaban J connectivity index is 2.32. The molecule has 1 aliphatic rings. The maximum Gasteiger partial charge on any atom is 0.0486 e. The van der Waals surface area contributed by atoms with Crippen LogP contribution in [0.1, 0.15) is 29.9 Å². The molecule has 0 saturated heterocycles. The molecule has 0 spiro atoms. The molecule has 0 aromatic heterocycles. The summed E-state index contributed by atoms with van der Waals surface area (Å²) in [5.41, 5.74) is 2.66. The third-order valence-electron chi connectivity index (χ3n) is 2.48. The van der Waals surface area contributed by atoms with Gasteiger partial charge in [-0.15, -0.1) is 0 Å². The van der Waals surface area contributed by atoms with Gasteiger partial charge in [-0.3, -0.25) is 4.21 Å². The molecule has 1 saturated carbocycles. The predicted octanol–water partition coefficient (Wildman–Crippen LogP) is 3.21. The molecule has 0 aliphatic heterocycles. The molecule has 1 nitrogen and oxygen atoms in total. The SMILES string of the molecule is CS(=O)Cc1cc(Br)ccc1C1CC1. The Morgan fingerprint density at radius 3 is 2.79 bits per heavy atom. The van der Waals surface area contributed by atoms with Crippen LogP contribution in [-0.4, -0.2) is 10.5 Å². The van der Waals surface area contributed by atoms with E-state index in [4.69, 9.17) is 0 Å². The molecular formula is C11H13BrOS. The highest BCUT2D eigenvalue weighted by molar-refractivity contribution is 9.10. The van der Waals surface area contributed by atoms with E-state index >= 15 is 0 Å². The molecule has 0 heterocycles. The van der Waals surface area contributed by atoms with E-state index in [2.05, 4.69) is 34.1 Å². The lowest BCUT2D eigenvalue weighted by molar-refractivity contribution is 0.686. The first kappa shape index (κ1) is 10.4. The fourth-order valence-corrected chi connectivity index (χ4v) is 2.81. The minimum absolute atomic E-state index is 0.686. The second kappa shape index (κ2) is 4.15. The number of halogens is 1. The largest absolute Gasteiger partial charge is 0.260 e. The topological polar surface area (TPSA) is 17.1 Å². The molecule has 76 valence electrons. The van der Waals surface area contributed by atoms with E-state index in [0.717, 1.165) is 10.4 Å². The van der Waals surface area contributed by atoms with E-state index in [9.17, 15) is 4.21 Å². The van der Waals surface area contributed by atoms with Crippen LogP contribution in [0.5, 0.6) is 0 Å². The summed E-state index contributed by atoms with van der Waals surface area (Å²) in [6.07, 6.45) is 4.35. The molecule has 14 heavy (non-hydrogen) atoms. The molecule has 0 radical (unpaired) electrons. The first-order valence-corrected chi connectivity index (χ1v) is 7.27. The summed E-state index contributed by atoms with van der Waals surface area (Å²) in [6.45, 7) is 0. The Labute approximate surface area is 95.5 Å². The van der Waals surface area contributed by atoms with Crippen molar-refractivity contribution in [1.29, 1.82) is 0 Å². The zero-order valence-corrected chi connectivity index (χ0v) is 10.5. The third kappa shape index (κ3) is 2.45. The Kier molecular flexibility index (Phi) is 3.07. The maximum atomic E-state index is 11.2. The fourth-order valence-electron chi connectivity index (χ4n) is 1.71. The lowest BCUT2D eigenvalue weighted by Crippen LogP contribution is -1.97. The minimum Gasteiger partial charge on any atom is -0.260 e. The van der Waals surface area contributed by atoms with Crippen LogP contribution in [0.25, 0.3) is 0 Å². The van der Waals surface area contributed by atoms with Gasteiger partial charge in [-0.1, -0.05) is 22.0 Å². The van der Waals surface area contributed by atoms with Crippen LogP contribution in [0.3, 0.4) is 0 Å². The van der Waals surface area contributed by atoms with Crippen molar-refractivity contribution in [3.05, 3.63) is 33.8 Å². The van der Waals surface area contributed by atoms with E-state index in [0.29, 0.717) is 5.75 Å². The quantitative estimate of drug-likeness (QED) is 0.826. The Morgan fingerprint density at radius 2 is 2.21 bits per heavy atom. The maximum absolute atomic E-state index is 11.2. The minimum atomic E-state index is -0.745. The van der Waals surface area contributed by atoms with E-state index in [1.165, 1.54) is 24.0 Å². The highest BCUT2D eigenvalue weighted by Crippen LogP contribution is 2.42. The summed E-state index contributed by atoms with van der Waals surface area (Å²) in [5, 5.41) is 0.